The zero-order chi connectivity index (χ0) is 16.0. The highest BCUT2D eigenvalue weighted by Gasteiger charge is 2.24. The number of carbonyl (C=O) groups is 2. The summed E-state index contributed by atoms with van der Waals surface area (Å²) in [6, 6.07) is 3.34. The average Bonchev–Trinajstić information content (AvgIpc) is 2.37. The molecule has 1 aromatic rings. The first-order chi connectivity index (χ1) is 9.85. The molecule has 0 unspecified atom stereocenters. The van der Waals surface area contributed by atoms with E-state index in [2.05, 4.69) is 5.32 Å². The standard InChI is InChI=1S/C14H19FN2O3S/c1-8(2)12(13(18)17-14(16)19)21-7-9-6-10(15)4-5-11(9)20-3/h4-6,8,12H,7H2,1-3H3,(H3,16,17,18,19)/t12-/m1/s1. The van der Waals surface area contributed by atoms with Gasteiger partial charge in [0.2, 0.25) is 5.91 Å². The number of methoxy groups -OCH3 is 1. The summed E-state index contributed by atoms with van der Waals surface area (Å²) in [4.78, 5) is 22.7. The van der Waals surface area contributed by atoms with Gasteiger partial charge >= 0.3 is 6.03 Å². The molecule has 21 heavy (non-hydrogen) atoms. The van der Waals surface area contributed by atoms with Crippen LogP contribution in [0.4, 0.5) is 9.18 Å². The number of carbonyl (C=O) groups excluding carboxylic acids is 2. The summed E-state index contributed by atoms with van der Waals surface area (Å²) in [7, 11) is 1.50. The second-order valence-corrected chi connectivity index (χ2v) is 5.92. The molecule has 3 N–H and O–H groups in total. The van der Waals surface area contributed by atoms with E-state index in [0.29, 0.717) is 17.1 Å². The highest BCUT2D eigenvalue weighted by atomic mass is 32.2. The molecule has 0 saturated carbocycles. The Labute approximate surface area is 127 Å². The molecule has 0 bridgehead atoms. The minimum absolute atomic E-state index is 0.00564. The van der Waals surface area contributed by atoms with Crippen LogP contribution in [0.2, 0.25) is 0 Å². The van der Waals surface area contributed by atoms with Crippen LogP contribution in [-0.2, 0) is 10.5 Å². The lowest BCUT2D eigenvalue weighted by Gasteiger charge is -2.19. The van der Waals surface area contributed by atoms with E-state index in [-0.39, 0.29) is 11.7 Å². The van der Waals surface area contributed by atoms with Crippen LogP contribution in [0.25, 0.3) is 0 Å². The van der Waals surface area contributed by atoms with Crippen molar-refractivity contribution in [3.05, 3.63) is 29.6 Å². The van der Waals surface area contributed by atoms with E-state index in [4.69, 9.17) is 10.5 Å². The fourth-order valence-electron chi connectivity index (χ4n) is 1.80. The normalized spacial score (nSPS) is 12.0. The van der Waals surface area contributed by atoms with Crippen LogP contribution in [0.3, 0.4) is 0 Å². The maximum atomic E-state index is 13.3. The third-order valence-electron chi connectivity index (χ3n) is 2.77. The second kappa shape index (κ2) is 7.87. The Morgan fingerprint density at radius 3 is 2.62 bits per heavy atom. The molecule has 0 fully saturated rings. The van der Waals surface area contributed by atoms with Crippen molar-refractivity contribution in [2.45, 2.75) is 24.9 Å². The second-order valence-electron chi connectivity index (χ2n) is 4.79. The summed E-state index contributed by atoms with van der Waals surface area (Å²) >= 11 is 1.30. The molecular weight excluding hydrogens is 295 g/mol. The van der Waals surface area contributed by atoms with Gasteiger partial charge in [0.05, 0.1) is 12.4 Å². The van der Waals surface area contributed by atoms with Crippen molar-refractivity contribution in [3.63, 3.8) is 0 Å². The maximum absolute atomic E-state index is 13.3. The van der Waals surface area contributed by atoms with Crippen LogP contribution in [0.1, 0.15) is 19.4 Å². The molecule has 1 aromatic carbocycles. The van der Waals surface area contributed by atoms with Gasteiger partial charge in [-0.05, 0) is 24.1 Å². The number of halogens is 1. The van der Waals surface area contributed by atoms with Crippen LogP contribution in [0, 0.1) is 11.7 Å². The largest absolute Gasteiger partial charge is 0.496 e. The molecule has 1 atom stereocenters. The number of imide groups is 1. The molecule has 0 heterocycles. The number of nitrogens with one attached hydrogen (secondary N) is 1. The summed E-state index contributed by atoms with van der Waals surface area (Å²) in [5, 5.41) is 1.61. The number of rotatable bonds is 6. The summed E-state index contributed by atoms with van der Waals surface area (Å²) in [5.41, 5.74) is 5.61. The molecule has 0 spiro atoms. The third-order valence-corrected chi connectivity index (χ3v) is 4.37. The number of nitrogens with two attached hydrogens (primary N) is 1. The summed E-state index contributed by atoms with van der Waals surface area (Å²) in [6.45, 7) is 3.72. The van der Waals surface area contributed by atoms with Gasteiger partial charge in [0, 0.05) is 11.3 Å². The number of thioether (sulfide) groups is 1. The zero-order valence-corrected chi connectivity index (χ0v) is 13.0. The van der Waals surface area contributed by atoms with Gasteiger partial charge in [0.25, 0.3) is 0 Å². The number of urea groups is 1. The number of benzene rings is 1. The fourth-order valence-corrected chi connectivity index (χ4v) is 2.98. The molecule has 3 amide bonds. The van der Waals surface area contributed by atoms with Crippen LogP contribution in [0.15, 0.2) is 18.2 Å². The van der Waals surface area contributed by atoms with Gasteiger partial charge in [-0.25, -0.2) is 9.18 Å². The number of primary amides is 1. The molecule has 0 aliphatic rings. The van der Waals surface area contributed by atoms with Gasteiger partial charge in [-0.15, -0.1) is 11.8 Å². The van der Waals surface area contributed by atoms with Gasteiger partial charge in [0.15, 0.2) is 0 Å². The van der Waals surface area contributed by atoms with Gasteiger partial charge in [-0.2, -0.15) is 0 Å². The number of hydrogen-bond acceptors (Lipinski definition) is 4. The third kappa shape index (κ3) is 5.26. The molecular formula is C14H19FN2O3S. The molecule has 116 valence electrons. The summed E-state index contributed by atoms with van der Waals surface area (Å²) in [5.74, 6) is 0.123. The molecule has 0 aromatic heterocycles. The SMILES string of the molecule is COc1ccc(F)cc1CS[C@@H](C(=O)NC(N)=O)C(C)C. The number of hydrogen-bond donors (Lipinski definition) is 2. The van der Waals surface area contributed by atoms with Gasteiger partial charge in [-0.3, -0.25) is 10.1 Å². The maximum Gasteiger partial charge on any atom is 0.318 e. The first-order valence-corrected chi connectivity index (χ1v) is 7.44. The molecule has 0 aliphatic heterocycles. The molecule has 0 radical (unpaired) electrons. The van der Waals surface area contributed by atoms with E-state index in [9.17, 15) is 14.0 Å². The fraction of sp³-hybridized carbons (Fsp3) is 0.429. The van der Waals surface area contributed by atoms with Crippen molar-refractivity contribution in [1.82, 2.24) is 5.32 Å². The van der Waals surface area contributed by atoms with Crippen molar-refractivity contribution >= 4 is 23.7 Å². The molecule has 1 rings (SSSR count). The Balaban J connectivity index is 2.80. The zero-order valence-electron chi connectivity index (χ0n) is 12.2. The molecule has 5 nitrogen and oxygen atoms in total. The molecule has 0 saturated heterocycles. The first-order valence-electron chi connectivity index (χ1n) is 6.39. The van der Waals surface area contributed by atoms with E-state index in [1.54, 1.807) is 6.07 Å². The van der Waals surface area contributed by atoms with Crippen LogP contribution < -0.4 is 15.8 Å². The van der Waals surface area contributed by atoms with Crippen LogP contribution in [-0.4, -0.2) is 24.3 Å². The van der Waals surface area contributed by atoms with Crippen molar-refractivity contribution in [2.75, 3.05) is 7.11 Å². The van der Waals surface area contributed by atoms with E-state index in [0.717, 1.165) is 0 Å². The van der Waals surface area contributed by atoms with Crippen LogP contribution >= 0.6 is 11.8 Å². The van der Waals surface area contributed by atoms with Crippen LogP contribution in [0.5, 0.6) is 5.75 Å². The van der Waals surface area contributed by atoms with Crippen molar-refractivity contribution in [3.8, 4) is 5.75 Å². The van der Waals surface area contributed by atoms with E-state index < -0.39 is 17.2 Å². The smallest absolute Gasteiger partial charge is 0.318 e. The average molecular weight is 314 g/mol. The minimum atomic E-state index is -0.880. The van der Waals surface area contributed by atoms with Gasteiger partial charge < -0.3 is 10.5 Å². The van der Waals surface area contributed by atoms with E-state index in [1.165, 1.54) is 31.0 Å². The van der Waals surface area contributed by atoms with E-state index >= 15 is 0 Å². The van der Waals surface area contributed by atoms with Crippen molar-refractivity contribution in [1.29, 1.82) is 0 Å². The lowest BCUT2D eigenvalue weighted by Crippen LogP contribution is -2.42. The lowest BCUT2D eigenvalue weighted by atomic mass is 10.1. The minimum Gasteiger partial charge on any atom is -0.496 e. The van der Waals surface area contributed by atoms with Gasteiger partial charge in [-0.1, -0.05) is 13.8 Å². The predicted molar refractivity (Wildman–Crippen MR) is 80.6 cm³/mol. The first kappa shape index (κ1) is 17.3. The van der Waals surface area contributed by atoms with Crippen molar-refractivity contribution in [2.24, 2.45) is 11.7 Å². The lowest BCUT2D eigenvalue weighted by molar-refractivity contribution is -0.120. The summed E-state index contributed by atoms with van der Waals surface area (Å²) < 4.78 is 18.5. The number of ether oxygens (including phenoxy) is 1. The molecule has 0 aliphatic carbocycles. The quantitative estimate of drug-likeness (QED) is 0.844. The molecule has 7 heteroatoms. The Morgan fingerprint density at radius 1 is 1.43 bits per heavy atom. The Kier molecular flexibility index (Phi) is 6.48. The topological polar surface area (TPSA) is 81.4 Å². The highest BCUT2D eigenvalue weighted by Crippen LogP contribution is 2.29. The van der Waals surface area contributed by atoms with Crippen molar-refractivity contribution < 1.29 is 18.7 Å². The highest BCUT2D eigenvalue weighted by molar-refractivity contribution is 7.99. The Bertz CT molecular complexity index is 523. The Hall–Kier alpha value is -1.76. The van der Waals surface area contributed by atoms with E-state index in [1.807, 2.05) is 13.8 Å². The Morgan fingerprint density at radius 2 is 2.10 bits per heavy atom. The predicted octanol–water partition coefficient (Wildman–Crippen LogP) is 2.29. The monoisotopic (exact) mass is 314 g/mol. The van der Waals surface area contributed by atoms with Gasteiger partial charge in [0.1, 0.15) is 11.6 Å². The number of amides is 3. The summed E-state index contributed by atoms with van der Waals surface area (Å²) in [6.07, 6.45) is 0.